The molecule has 4 rings (SSSR count). The van der Waals surface area contributed by atoms with Crippen molar-refractivity contribution in [2.24, 2.45) is 28.7 Å². The second-order valence-electron chi connectivity index (χ2n) is 10.3. The van der Waals surface area contributed by atoms with E-state index in [0.29, 0.717) is 5.57 Å². The number of nitrogen functional groups attached to an aromatic ring is 1. The van der Waals surface area contributed by atoms with E-state index < -0.39 is 58.7 Å². The first-order valence-corrected chi connectivity index (χ1v) is 15.1. The summed E-state index contributed by atoms with van der Waals surface area (Å²) >= 11 is 2.11. The van der Waals surface area contributed by atoms with E-state index in [9.17, 15) is 34.2 Å². The summed E-state index contributed by atoms with van der Waals surface area (Å²) in [7, 11) is 1.60. The molecule has 22 heteroatoms. The number of oxime groups is 1. The minimum absolute atomic E-state index is 0.0193. The van der Waals surface area contributed by atoms with Gasteiger partial charge in [-0.25, -0.2) is 19.3 Å². The lowest BCUT2D eigenvalue weighted by molar-refractivity contribution is -0.765. The molecule has 3 aliphatic heterocycles. The minimum atomic E-state index is -1.80. The number of anilines is 2. The van der Waals surface area contributed by atoms with Gasteiger partial charge in [0, 0.05) is 24.4 Å². The summed E-state index contributed by atoms with van der Waals surface area (Å²) in [4.78, 5) is 72.4. The number of nitrogens with zero attached hydrogens (tertiary/aromatic N) is 5. The van der Waals surface area contributed by atoms with E-state index in [-0.39, 0.29) is 47.8 Å². The van der Waals surface area contributed by atoms with Crippen LogP contribution in [0, 0.1) is 0 Å². The first kappa shape index (κ1) is 33.4. The topological polar surface area (TPSA) is 301 Å². The molecule has 0 saturated carbocycles. The number of carbonyl (C=O) groups is 5. The number of thioether (sulfide) groups is 1. The molecule has 1 saturated heterocycles. The van der Waals surface area contributed by atoms with E-state index in [1.54, 1.807) is 11.7 Å². The van der Waals surface area contributed by atoms with Gasteiger partial charge in [0.15, 0.2) is 35.1 Å². The normalized spacial score (nSPS) is 21.5. The van der Waals surface area contributed by atoms with Crippen LogP contribution in [0.1, 0.15) is 13.8 Å². The summed E-state index contributed by atoms with van der Waals surface area (Å²) in [5.41, 5.74) is 15.2. The van der Waals surface area contributed by atoms with Crippen molar-refractivity contribution in [3.8, 4) is 0 Å². The Labute approximate surface area is 263 Å². The lowest BCUT2D eigenvalue weighted by Crippen LogP contribution is -2.72. The van der Waals surface area contributed by atoms with Crippen molar-refractivity contribution in [3.05, 3.63) is 17.5 Å². The van der Waals surface area contributed by atoms with Crippen molar-refractivity contribution >= 4 is 75.9 Å². The number of carbonyl (C=O) groups excluding carboxylic acids is 4. The Bertz CT molecular complexity index is 1520. The number of hydrogen-bond acceptors (Lipinski definition) is 15. The molecule has 2 unspecified atom stereocenters. The quantitative estimate of drug-likeness (QED) is 0.0342. The number of amides is 4. The zero-order valence-electron chi connectivity index (χ0n) is 24.2. The fourth-order valence-corrected chi connectivity index (χ4v) is 6.14. The van der Waals surface area contributed by atoms with Crippen LogP contribution in [0.4, 0.5) is 16.3 Å². The maximum Gasteiger partial charge on any atom is 0.350 e. The standard InChI is InChI=1S/C23H32N12O8S2/c1-23(2,20(40)41)43-31-11(15-30-21(26)45-32-15)16(36)29-12-17(37)35-13(19(38)39)9(8-44-18(12)35)6-34-7-10(14(25)33(34)3)28-22(42)27-5-4-24/h7,12,15,18,25,32H,4-6,8,24H2,1-3H3,(H7,26,27,28,29,30,36,38,39,40,41,42)/b31-11-/t12-,15?,18?/m1/s1. The highest BCUT2D eigenvalue weighted by molar-refractivity contribution is 8.12. The molecule has 0 radical (unpaired) electrons. The van der Waals surface area contributed by atoms with Gasteiger partial charge >= 0.3 is 12.0 Å². The number of fused-ring (bicyclic) bond motifs is 1. The summed E-state index contributed by atoms with van der Waals surface area (Å²) in [5, 5.41) is 32.3. The highest BCUT2D eigenvalue weighted by Crippen LogP contribution is 2.40. The van der Waals surface area contributed by atoms with Crippen LogP contribution in [0.15, 0.2) is 27.6 Å². The molecule has 1 fully saturated rings. The van der Waals surface area contributed by atoms with Crippen LogP contribution in [0.25, 0.3) is 0 Å². The summed E-state index contributed by atoms with van der Waals surface area (Å²) in [6.07, 6.45) is 0.393. The summed E-state index contributed by atoms with van der Waals surface area (Å²) in [5.74, 6) is -4.26. The maximum absolute atomic E-state index is 13.3. The van der Waals surface area contributed by atoms with Gasteiger partial charge in [0.2, 0.25) is 11.8 Å². The van der Waals surface area contributed by atoms with E-state index >= 15 is 0 Å². The average molecular weight is 669 g/mol. The number of carboxylic acid groups (broad SMARTS) is 2. The zero-order chi connectivity index (χ0) is 33.2. The van der Waals surface area contributed by atoms with Crippen LogP contribution < -0.4 is 47.7 Å². The van der Waals surface area contributed by atoms with Crippen molar-refractivity contribution in [1.82, 2.24) is 24.9 Å². The van der Waals surface area contributed by atoms with Gasteiger partial charge in [0.05, 0.1) is 18.7 Å². The molecule has 4 heterocycles. The van der Waals surface area contributed by atoms with Crippen molar-refractivity contribution < 1.29 is 43.7 Å². The van der Waals surface area contributed by atoms with Crippen molar-refractivity contribution in [2.45, 2.75) is 43.6 Å². The van der Waals surface area contributed by atoms with Gasteiger partial charge < -0.3 is 47.7 Å². The third kappa shape index (κ3) is 6.92. The van der Waals surface area contributed by atoms with E-state index in [1.165, 1.54) is 36.5 Å². The molecule has 0 aromatic carbocycles. The van der Waals surface area contributed by atoms with Gasteiger partial charge in [-0.05, 0) is 25.8 Å². The molecule has 11 N–H and O–H groups in total. The number of aliphatic imine (C=N–C) groups is 1. The molecule has 0 spiro atoms. The van der Waals surface area contributed by atoms with E-state index in [4.69, 9.17) is 22.0 Å². The third-order valence-electron chi connectivity index (χ3n) is 6.76. The van der Waals surface area contributed by atoms with Gasteiger partial charge in [-0.15, -0.1) is 21.1 Å². The molecule has 244 valence electrons. The maximum atomic E-state index is 13.3. The molecule has 0 aliphatic carbocycles. The first-order valence-electron chi connectivity index (χ1n) is 13.2. The molecular weight excluding hydrogens is 636 g/mol. The molecule has 1 aromatic heterocycles. The van der Waals surface area contributed by atoms with Gasteiger partial charge in [-0.3, -0.25) is 19.8 Å². The molecule has 3 aliphatic rings. The van der Waals surface area contributed by atoms with Crippen LogP contribution in [0.3, 0.4) is 0 Å². The van der Waals surface area contributed by atoms with Crippen LogP contribution in [0.2, 0.25) is 0 Å². The van der Waals surface area contributed by atoms with Crippen molar-refractivity contribution in [2.75, 3.05) is 29.9 Å². The number of aromatic nitrogens is 2. The Morgan fingerprint density at radius 1 is 1.33 bits per heavy atom. The fourth-order valence-electron chi connectivity index (χ4n) is 4.25. The predicted octanol–water partition coefficient (Wildman–Crippen LogP) is -4.49. The fraction of sp³-hybridized carbons (Fsp3) is 0.478. The highest BCUT2D eigenvalue weighted by Gasteiger charge is 2.54. The molecular formula is C23H32N12O8S2. The largest absolute Gasteiger partial charge is 0.543 e. The lowest BCUT2D eigenvalue weighted by atomic mass is 10.0. The third-order valence-corrected chi connectivity index (χ3v) is 8.75. The molecule has 4 amide bonds. The number of β-lactam (4-membered cyclic amide) rings is 1. The molecule has 45 heavy (non-hydrogen) atoms. The van der Waals surface area contributed by atoms with E-state index in [0.717, 1.165) is 16.8 Å². The Balaban J connectivity index is 1.52. The number of aliphatic carboxylic acids is 2. The van der Waals surface area contributed by atoms with Crippen molar-refractivity contribution in [1.29, 1.82) is 0 Å². The van der Waals surface area contributed by atoms with E-state index in [2.05, 4.69) is 30.8 Å². The second-order valence-corrected chi connectivity index (χ2v) is 12.3. The van der Waals surface area contributed by atoms with Crippen LogP contribution in [-0.4, -0.2) is 97.4 Å². The molecule has 20 nitrogen and oxygen atoms in total. The van der Waals surface area contributed by atoms with Gasteiger partial charge in [-0.2, -0.15) is 0 Å². The number of amidine groups is 1. The average Bonchev–Trinajstić information content (AvgIpc) is 3.52. The summed E-state index contributed by atoms with van der Waals surface area (Å²) in [6, 6.07) is -1.69. The van der Waals surface area contributed by atoms with Gasteiger partial charge in [0.25, 0.3) is 11.8 Å². The number of hydrogen-bond donors (Lipinski definition) is 8. The second kappa shape index (κ2) is 13.2. The monoisotopic (exact) mass is 668 g/mol. The van der Waals surface area contributed by atoms with Crippen LogP contribution in [0.5, 0.6) is 0 Å². The van der Waals surface area contributed by atoms with Gasteiger partial charge in [0.1, 0.15) is 11.4 Å². The minimum Gasteiger partial charge on any atom is -0.543 e. The summed E-state index contributed by atoms with van der Waals surface area (Å²) < 4.78 is 5.79. The molecule has 3 atom stereocenters. The predicted molar refractivity (Wildman–Crippen MR) is 160 cm³/mol. The van der Waals surface area contributed by atoms with Crippen LogP contribution in [-0.2, 0) is 37.6 Å². The zero-order valence-corrected chi connectivity index (χ0v) is 25.9. The Morgan fingerprint density at radius 3 is 2.64 bits per heavy atom. The highest BCUT2D eigenvalue weighted by atomic mass is 32.2. The number of urea groups is 1. The van der Waals surface area contributed by atoms with Crippen molar-refractivity contribution in [3.63, 3.8) is 0 Å². The molecule has 1 aromatic rings. The number of nitrogens with two attached hydrogens (primary N) is 3. The summed E-state index contributed by atoms with van der Waals surface area (Å²) in [6.45, 7) is 2.91. The number of nitrogens with one attached hydrogen (secondary N) is 4. The molecule has 0 bridgehead atoms. The smallest absolute Gasteiger partial charge is 0.350 e. The van der Waals surface area contributed by atoms with Gasteiger partial charge in [-0.1, -0.05) is 5.16 Å². The number of carboxylic acids is 2. The Hall–Kier alpha value is -4.54. The number of rotatable bonds is 12. The first-order chi connectivity index (χ1) is 21.2. The SMILES string of the molecule is Cn1c(N)c(NC(=O)NCCN)c[n+]1CC1=C(C(=O)[O-])N2C(=O)[C@@H](NC(=O)/C(=N\OC(C)(C)C(=O)O)C3N=C(N)SN3)C2SC1. The Kier molecular flexibility index (Phi) is 9.79. The lowest BCUT2D eigenvalue weighted by Gasteiger charge is -2.50. The van der Waals surface area contributed by atoms with Crippen LogP contribution >= 0.6 is 23.7 Å². The Morgan fingerprint density at radius 2 is 2.04 bits per heavy atom. The van der Waals surface area contributed by atoms with E-state index in [1.807, 2.05) is 0 Å².